The average molecular weight is 216 g/mol. The minimum Gasteiger partial charge on any atom is -0.383 e. The Hall–Kier alpha value is -1.49. The quantitative estimate of drug-likeness (QED) is 0.831. The third kappa shape index (κ3) is 3.58. The second-order valence-corrected chi connectivity index (χ2v) is 5.13. The first-order chi connectivity index (χ1) is 7.44. The lowest BCUT2D eigenvalue weighted by atomic mass is 9.96. The van der Waals surface area contributed by atoms with Gasteiger partial charge in [-0.05, 0) is 37.5 Å². The summed E-state index contributed by atoms with van der Waals surface area (Å²) < 4.78 is 0. The summed E-state index contributed by atoms with van der Waals surface area (Å²) in [6.07, 6.45) is 0. The molecule has 0 atom stereocenters. The minimum absolute atomic E-state index is 0.323. The van der Waals surface area contributed by atoms with E-state index in [4.69, 9.17) is 5.26 Å². The molecule has 0 amide bonds. The summed E-state index contributed by atoms with van der Waals surface area (Å²) in [6.45, 7) is 8.90. The third-order valence-corrected chi connectivity index (χ3v) is 2.61. The van der Waals surface area contributed by atoms with Gasteiger partial charge < -0.3 is 5.32 Å². The van der Waals surface area contributed by atoms with Gasteiger partial charge in [0.1, 0.15) is 0 Å². The molecule has 86 valence electrons. The molecular weight excluding hydrogens is 196 g/mol. The lowest BCUT2D eigenvalue weighted by Gasteiger charge is -2.17. The molecule has 0 unspecified atom stereocenters. The molecule has 0 saturated carbocycles. The summed E-state index contributed by atoms with van der Waals surface area (Å²) in [5, 5.41) is 12.2. The number of hydrogen-bond donors (Lipinski definition) is 1. The van der Waals surface area contributed by atoms with Crippen molar-refractivity contribution >= 4 is 5.69 Å². The first kappa shape index (κ1) is 12.6. The number of nitrogens with zero attached hydrogens (tertiary/aromatic N) is 1. The first-order valence-electron chi connectivity index (χ1n) is 5.70. The van der Waals surface area contributed by atoms with Gasteiger partial charge in [0.05, 0.1) is 11.5 Å². The van der Waals surface area contributed by atoms with Gasteiger partial charge in [-0.25, -0.2) is 0 Å². The van der Waals surface area contributed by atoms with Gasteiger partial charge in [0.25, 0.3) is 0 Å². The highest BCUT2D eigenvalue weighted by molar-refractivity contribution is 5.45. The van der Waals surface area contributed by atoms with Gasteiger partial charge in [0, 0.05) is 12.2 Å². The Morgan fingerprint density at radius 2 is 1.81 bits per heavy atom. The van der Waals surface area contributed by atoms with Crippen LogP contribution >= 0.6 is 0 Å². The molecule has 1 aromatic carbocycles. The maximum Gasteiger partial charge on any atom is 0.0702 e. The Labute approximate surface area is 98.3 Å². The Kier molecular flexibility index (Phi) is 3.95. The highest BCUT2D eigenvalue weighted by atomic mass is 14.9. The predicted molar refractivity (Wildman–Crippen MR) is 68.4 cm³/mol. The van der Waals surface area contributed by atoms with E-state index in [1.165, 1.54) is 5.56 Å². The summed E-state index contributed by atoms with van der Waals surface area (Å²) in [6, 6.07) is 10.7. The monoisotopic (exact) mass is 216 g/mol. The maximum absolute atomic E-state index is 8.90. The van der Waals surface area contributed by atoms with E-state index in [2.05, 4.69) is 49.5 Å². The van der Waals surface area contributed by atoms with E-state index in [1.54, 1.807) is 0 Å². The molecule has 2 heteroatoms. The molecule has 0 bridgehead atoms. The number of hydrogen-bond acceptors (Lipinski definition) is 2. The molecule has 16 heavy (non-hydrogen) atoms. The van der Waals surface area contributed by atoms with Crippen LogP contribution in [0.2, 0.25) is 0 Å². The fourth-order valence-electron chi connectivity index (χ4n) is 1.35. The fraction of sp³-hybridized carbons (Fsp3) is 0.500. The zero-order valence-electron chi connectivity index (χ0n) is 10.5. The van der Waals surface area contributed by atoms with Crippen LogP contribution in [0, 0.1) is 16.7 Å². The molecule has 0 aliphatic heterocycles. The third-order valence-electron chi connectivity index (χ3n) is 2.61. The molecule has 0 radical (unpaired) electrons. The van der Waals surface area contributed by atoms with E-state index in [0.29, 0.717) is 12.5 Å². The van der Waals surface area contributed by atoms with Crippen LogP contribution in [0.4, 0.5) is 5.69 Å². The van der Waals surface area contributed by atoms with Crippen molar-refractivity contribution in [1.82, 2.24) is 0 Å². The normalized spacial score (nSPS) is 11.2. The van der Waals surface area contributed by atoms with Crippen molar-refractivity contribution in [1.29, 1.82) is 5.26 Å². The summed E-state index contributed by atoms with van der Waals surface area (Å²) in [7, 11) is 0. The van der Waals surface area contributed by atoms with E-state index in [9.17, 15) is 0 Å². The predicted octanol–water partition coefficient (Wildman–Crippen LogP) is 3.77. The molecule has 0 spiro atoms. The molecule has 1 aromatic rings. The molecule has 0 aliphatic carbocycles. The van der Waals surface area contributed by atoms with Gasteiger partial charge >= 0.3 is 0 Å². The van der Waals surface area contributed by atoms with Crippen LogP contribution in [0.5, 0.6) is 0 Å². The van der Waals surface area contributed by atoms with Crippen molar-refractivity contribution in [2.75, 3.05) is 11.9 Å². The number of nitrogens with one attached hydrogen (secondary N) is 1. The van der Waals surface area contributed by atoms with Crippen LogP contribution in [0.3, 0.4) is 0 Å². The van der Waals surface area contributed by atoms with E-state index in [0.717, 1.165) is 5.69 Å². The zero-order chi connectivity index (χ0) is 12.2. The maximum atomic E-state index is 8.90. The van der Waals surface area contributed by atoms with Crippen molar-refractivity contribution in [3.63, 3.8) is 0 Å². The summed E-state index contributed by atoms with van der Waals surface area (Å²) in [4.78, 5) is 0. The molecule has 0 fully saturated rings. The molecule has 1 rings (SSSR count). The fourth-order valence-corrected chi connectivity index (χ4v) is 1.35. The zero-order valence-corrected chi connectivity index (χ0v) is 10.5. The topological polar surface area (TPSA) is 35.8 Å². The minimum atomic E-state index is -0.323. The summed E-state index contributed by atoms with van der Waals surface area (Å²) in [5.74, 6) is 0.560. The van der Waals surface area contributed by atoms with Gasteiger partial charge in [-0.15, -0.1) is 0 Å². The van der Waals surface area contributed by atoms with Crippen molar-refractivity contribution in [2.45, 2.75) is 33.6 Å². The molecule has 2 nitrogen and oxygen atoms in total. The van der Waals surface area contributed by atoms with E-state index in [1.807, 2.05) is 13.8 Å². The SMILES string of the molecule is CC(C)c1ccc(NCC(C)(C)C#N)cc1. The number of rotatable bonds is 4. The number of benzene rings is 1. The summed E-state index contributed by atoms with van der Waals surface area (Å²) >= 11 is 0. The molecule has 0 saturated heterocycles. The molecule has 0 aliphatic rings. The van der Waals surface area contributed by atoms with E-state index in [-0.39, 0.29) is 5.41 Å². The number of nitriles is 1. The Morgan fingerprint density at radius 3 is 2.25 bits per heavy atom. The Balaban J connectivity index is 2.60. The van der Waals surface area contributed by atoms with Gasteiger partial charge in [-0.2, -0.15) is 5.26 Å². The molecule has 0 aromatic heterocycles. The molecule has 0 heterocycles. The standard InChI is InChI=1S/C14H20N2/c1-11(2)12-5-7-13(8-6-12)16-10-14(3,4)9-15/h5-8,11,16H,10H2,1-4H3. The second-order valence-electron chi connectivity index (χ2n) is 5.13. The van der Waals surface area contributed by atoms with Crippen LogP contribution in [-0.2, 0) is 0 Å². The largest absolute Gasteiger partial charge is 0.383 e. The smallest absolute Gasteiger partial charge is 0.0702 e. The lowest BCUT2D eigenvalue weighted by molar-refractivity contribution is 0.529. The van der Waals surface area contributed by atoms with Crippen LogP contribution in [-0.4, -0.2) is 6.54 Å². The summed E-state index contributed by atoms with van der Waals surface area (Å²) in [5.41, 5.74) is 2.09. The first-order valence-corrected chi connectivity index (χ1v) is 5.70. The Bertz CT molecular complexity index is 369. The van der Waals surface area contributed by atoms with Gasteiger partial charge in [-0.3, -0.25) is 0 Å². The highest BCUT2D eigenvalue weighted by Crippen LogP contribution is 2.19. The van der Waals surface area contributed by atoms with Gasteiger partial charge in [0.2, 0.25) is 0 Å². The van der Waals surface area contributed by atoms with Crippen molar-refractivity contribution < 1.29 is 0 Å². The number of anilines is 1. The molecular formula is C14H20N2. The average Bonchev–Trinajstić information content (AvgIpc) is 2.27. The second kappa shape index (κ2) is 5.03. The highest BCUT2D eigenvalue weighted by Gasteiger charge is 2.15. The van der Waals surface area contributed by atoms with Crippen molar-refractivity contribution in [3.8, 4) is 6.07 Å². The van der Waals surface area contributed by atoms with Crippen LogP contribution < -0.4 is 5.32 Å². The van der Waals surface area contributed by atoms with Crippen LogP contribution in [0.15, 0.2) is 24.3 Å². The van der Waals surface area contributed by atoms with Gasteiger partial charge in [-0.1, -0.05) is 26.0 Å². The Morgan fingerprint density at radius 1 is 1.25 bits per heavy atom. The van der Waals surface area contributed by atoms with Crippen LogP contribution in [0.25, 0.3) is 0 Å². The van der Waals surface area contributed by atoms with Crippen molar-refractivity contribution in [2.24, 2.45) is 5.41 Å². The van der Waals surface area contributed by atoms with E-state index < -0.39 is 0 Å². The van der Waals surface area contributed by atoms with Crippen LogP contribution in [0.1, 0.15) is 39.2 Å². The lowest BCUT2D eigenvalue weighted by Crippen LogP contribution is -2.20. The van der Waals surface area contributed by atoms with E-state index >= 15 is 0 Å². The van der Waals surface area contributed by atoms with Crippen molar-refractivity contribution in [3.05, 3.63) is 29.8 Å². The molecule has 1 N–H and O–H groups in total. The van der Waals surface area contributed by atoms with Gasteiger partial charge in [0.15, 0.2) is 0 Å².